The Morgan fingerprint density at radius 3 is 2.59 bits per heavy atom. The first kappa shape index (κ1) is 22.0. The Balaban J connectivity index is 1.49. The number of aromatic nitrogens is 2. The van der Waals surface area contributed by atoms with Crippen LogP contribution in [-0.4, -0.2) is 39.5 Å². The normalized spacial score (nSPS) is 16.1. The molecule has 0 saturated carbocycles. The molecule has 1 atom stereocenters. The molecule has 2 aromatic carbocycles. The van der Waals surface area contributed by atoms with E-state index >= 15 is 0 Å². The molecule has 0 bridgehead atoms. The third kappa shape index (κ3) is 4.53. The minimum absolute atomic E-state index is 0.0466. The van der Waals surface area contributed by atoms with E-state index in [1.165, 1.54) is 0 Å². The number of carbonyl (C=O) groups excluding carboxylic acids is 2. The smallest absolute Gasteiger partial charge is 0.249 e. The van der Waals surface area contributed by atoms with Crippen molar-refractivity contribution in [2.45, 2.75) is 39.8 Å². The number of nitrogens with zero attached hydrogens (tertiary/aromatic N) is 4. The lowest BCUT2D eigenvalue weighted by Gasteiger charge is -2.28. The summed E-state index contributed by atoms with van der Waals surface area (Å²) >= 11 is 6.22. The highest BCUT2D eigenvalue weighted by Gasteiger charge is 2.38. The van der Waals surface area contributed by atoms with Crippen LogP contribution in [-0.2, 0) is 16.1 Å². The quantitative estimate of drug-likeness (QED) is 0.550. The van der Waals surface area contributed by atoms with E-state index in [1.54, 1.807) is 21.9 Å². The fourth-order valence-corrected chi connectivity index (χ4v) is 4.02. The summed E-state index contributed by atoms with van der Waals surface area (Å²) in [5, 5.41) is 8.70. The van der Waals surface area contributed by atoms with Crippen molar-refractivity contribution in [3.05, 3.63) is 65.0 Å². The Labute approximate surface area is 192 Å². The summed E-state index contributed by atoms with van der Waals surface area (Å²) in [4.78, 5) is 29.3. The van der Waals surface area contributed by atoms with E-state index < -0.39 is 5.92 Å². The molecule has 4 rings (SSSR count). The van der Waals surface area contributed by atoms with Gasteiger partial charge in [0.15, 0.2) is 0 Å². The van der Waals surface area contributed by atoms with Gasteiger partial charge >= 0.3 is 0 Å². The van der Waals surface area contributed by atoms with Crippen LogP contribution in [0.5, 0.6) is 0 Å². The summed E-state index contributed by atoms with van der Waals surface area (Å²) < 4.78 is 5.79. The number of halogens is 1. The first-order valence-corrected chi connectivity index (χ1v) is 11.0. The number of benzene rings is 2. The molecular weight excluding hydrogens is 428 g/mol. The molecule has 0 N–H and O–H groups in total. The second kappa shape index (κ2) is 9.12. The van der Waals surface area contributed by atoms with Crippen LogP contribution in [0.3, 0.4) is 0 Å². The Hall–Kier alpha value is -3.19. The topological polar surface area (TPSA) is 79.5 Å². The zero-order chi connectivity index (χ0) is 22.8. The zero-order valence-electron chi connectivity index (χ0n) is 18.3. The van der Waals surface area contributed by atoms with E-state index in [1.807, 2.05) is 57.2 Å². The molecule has 0 radical (unpaired) electrons. The summed E-state index contributed by atoms with van der Waals surface area (Å²) in [6, 6.07) is 14.9. The van der Waals surface area contributed by atoms with Crippen LogP contribution in [0.2, 0.25) is 5.02 Å². The van der Waals surface area contributed by atoms with Gasteiger partial charge in [-0.15, -0.1) is 10.2 Å². The van der Waals surface area contributed by atoms with E-state index in [0.29, 0.717) is 28.9 Å². The molecule has 166 valence electrons. The van der Waals surface area contributed by atoms with Crippen molar-refractivity contribution in [1.29, 1.82) is 0 Å². The highest BCUT2D eigenvalue weighted by molar-refractivity contribution is 6.33. The molecule has 1 aliphatic rings. The van der Waals surface area contributed by atoms with Crippen molar-refractivity contribution in [1.82, 2.24) is 15.1 Å². The van der Waals surface area contributed by atoms with Crippen LogP contribution < -0.4 is 4.90 Å². The Morgan fingerprint density at radius 2 is 1.91 bits per heavy atom. The van der Waals surface area contributed by atoms with Crippen molar-refractivity contribution in [2.75, 3.05) is 11.4 Å². The number of hydrogen-bond acceptors (Lipinski definition) is 5. The molecule has 2 heterocycles. The molecule has 8 heteroatoms. The predicted molar refractivity (Wildman–Crippen MR) is 122 cm³/mol. The van der Waals surface area contributed by atoms with Crippen molar-refractivity contribution in [3.8, 4) is 11.5 Å². The molecule has 1 unspecified atom stereocenters. The van der Waals surface area contributed by atoms with Crippen molar-refractivity contribution >= 4 is 29.1 Å². The highest BCUT2D eigenvalue weighted by Crippen LogP contribution is 2.29. The van der Waals surface area contributed by atoms with Gasteiger partial charge in [-0.2, -0.15) is 0 Å². The zero-order valence-corrected chi connectivity index (χ0v) is 19.0. The second-order valence-corrected chi connectivity index (χ2v) is 8.69. The molecule has 0 aliphatic carbocycles. The monoisotopic (exact) mass is 452 g/mol. The maximum absolute atomic E-state index is 13.3. The molecule has 0 spiro atoms. The van der Waals surface area contributed by atoms with Crippen LogP contribution in [0.15, 0.2) is 52.9 Å². The number of aryl methyl sites for hydroxylation is 1. The molecule has 1 aliphatic heterocycles. The number of anilines is 1. The summed E-state index contributed by atoms with van der Waals surface area (Å²) in [5.41, 5.74) is 2.58. The second-order valence-electron chi connectivity index (χ2n) is 8.28. The van der Waals surface area contributed by atoms with Crippen LogP contribution in [0.25, 0.3) is 11.5 Å². The molecule has 1 aromatic heterocycles. The van der Waals surface area contributed by atoms with Crippen LogP contribution in [0.1, 0.15) is 31.7 Å². The summed E-state index contributed by atoms with van der Waals surface area (Å²) in [7, 11) is 0. The van der Waals surface area contributed by atoms with Gasteiger partial charge in [0.25, 0.3) is 0 Å². The lowest BCUT2D eigenvalue weighted by molar-refractivity contribution is -0.138. The van der Waals surface area contributed by atoms with E-state index in [-0.39, 0.29) is 30.8 Å². The number of amides is 2. The predicted octanol–water partition coefficient (Wildman–Crippen LogP) is 4.49. The lowest BCUT2D eigenvalue weighted by Crippen LogP contribution is -2.41. The van der Waals surface area contributed by atoms with Gasteiger partial charge in [0.05, 0.1) is 23.0 Å². The first-order chi connectivity index (χ1) is 15.3. The van der Waals surface area contributed by atoms with E-state index in [9.17, 15) is 9.59 Å². The van der Waals surface area contributed by atoms with Gasteiger partial charge in [-0.3, -0.25) is 9.59 Å². The third-order valence-electron chi connectivity index (χ3n) is 5.60. The summed E-state index contributed by atoms with van der Waals surface area (Å²) in [6.45, 7) is 6.38. The molecule has 32 heavy (non-hydrogen) atoms. The van der Waals surface area contributed by atoms with Gasteiger partial charge in [0.1, 0.15) is 0 Å². The molecule has 2 amide bonds. The largest absolute Gasteiger partial charge is 0.419 e. The molecule has 1 saturated heterocycles. The Morgan fingerprint density at radius 1 is 1.19 bits per heavy atom. The Kier molecular flexibility index (Phi) is 6.28. The summed E-state index contributed by atoms with van der Waals surface area (Å²) in [5.74, 6) is 0.0670. The first-order valence-electron chi connectivity index (χ1n) is 10.6. The maximum atomic E-state index is 13.3. The number of rotatable bonds is 6. The highest BCUT2D eigenvalue weighted by atomic mass is 35.5. The molecule has 3 aromatic rings. The van der Waals surface area contributed by atoms with Crippen molar-refractivity contribution in [2.24, 2.45) is 5.92 Å². The number of hydrogen-bond donors (Lipinski definition) is 0. The van der Waals surface area contributed by atoms with Crippen LogP contribution in [0.4, 0.5) is 5.69 Å². The SMILES string of the molecule is Cc1ccc(N2CC(C(=O)N(Cc3nnc(-c4ccccc4Cl)o3)C(C)C)CC2=O)cc1. The van der Waals surface area contributed by atoms with Crippen LogP contribution >= 0.6 is 11.6 Å². The molecule has 1 fully saturated rings. The average Bonchev–Trinajstić information content (AvgIpc) is 3.39. The van der Waals surface area contributed by atoms with Gasteiger partial charge in [0.2, 0.25) is 23.6 Å². The fourth-order valence-electron chi connectivity index (χ4n) is 3.80. The van der Waals surface area contributed by atoms with Gasteiger partial charge in [-0.25, -0.2) is 0 Å². The van der Waals surface area contributed by atoms with E-state index in [4.69, 9.17) is 16.0 Å². The number of carbonyl (C=O) groups is 2. The minimum Gasteiger partial charge on any atom is -0.419 e. The average molecular weight is 453 g/mol. The van der Waals surface area contributed by atoms with Crippen molar-refractivity contribution < 1.29 is 14.0 Å². The van der Waals surface area contributed by atoms with Gasteiger partial charge < -0.3 is 14.2 Å². The van der Waals surface area contributed by atoms with Crippen LogP contribution in [0, 0.1) is 12.8 Å². The van der Waals surface area contributed by atoms with E-state index in [2.05, 4.69) is 10.2 Å². The van der Waals surface area contributed by atoms with Crippen molar-refractivity contribution in [3.63, 3.8) is 0 Å². The molecule has 7 nitrogen and oxygen atoms in total. The lowest BCUT2D eigenvalue weighted by atomic mass is 10.1. The standard InChI is InChI=1S/C24H25ClN4O3/c1-15(2)28(14-21-26-27-23(32-21)19-6-4-5-7-20(19)25)24(31)17-12-22(30)29(13-17)18-10-8-16(3)9-11-18/h4-11,15,17H,12-14H2,1-3H3. The fraction of sp³-hybridized carbons (Fsp3) is 0.333. The maximum Gasteiger partial charge on any atom is 0.249 e. The Bertz CT molecular complexity index is 1130. The molecular formula is C24H25ClN4O3. The van der Waals surface area contributed by atoms with Gasteiger partial charge in [0, 0.05) is 24.7 Å². The van der Waals surface area contributed by atoms with Gasteiger partial charge in [-0.05, 0) is 45.0 Å². The minimum atomic E-state index is -0.419. The summed E-state index contributed by atoms with van der Waals surface area (Å²) in [6.07, 6.45) is 0.185. The third-order valence-corrected chi connectivity index (χ3v) is 5.93. The van der Waals surface area contributed by atoms with E-state index in [0.717, 1.165) is 11.3 Å². The van der Waals surface area contributed by atoms with Gasteiger partial charge in [-0.1, -0.05) is 41.4 Å².